The molecule has 0 atom stereocenters. The van der Waals surface area contributed by atoms with E-state index >= 15 is 0 Å². The fraction of sp³-hybridized carbons (Fsp3) is 0.909. The van der Waals surface area contributed by atoms with Crippen LogP contribution in [-0.4, -0.2) is 32.8 Å². The number of hydrogen-bond acceptors (Lipinski definition) is 4. The molecule has 5 nitrogen and oxygen atoms in total. The van der Waals surface area contributed by atoms with Gasteiger partial charge in [0.1, 0.15) is 0 Å². The van der Waals surface area contributed by atoms with Crippen LogP contribution in [-0.2, 0) is 19.6 Å². The number of nitrogens with one attached hydrogen (secondary N) is 1. The summed E-state index contributed by atoms with van der Waals surface area (Å²) in [5.74, 6) is -0.428. The molecular weight excluding hydrogens is 242 g/mol. The zero-order valence-electron chi connectivity index (χ0n) is 11.1. The Hall–Kier alpha value is -0.620. The maximum Gasteiger partial charge on any atom is 0.305 e. The van der Waals surface area contributed by atoms with Crippen molar-refractivity contribution in [2.75, 3.05) is 12.9 Å². The fourth-order valence-electron chi connectivity index (χ4n) is 1.66. The molecule has 0 rings (SSSR count). The second-order valence-corrected chi connectivity index (χ2v) is 6.58. The summed E-state index contributed by atoms with van der Waals surface area (Å²) < 4.78 is 30.6. The highest BCUT2D eigenvalue weighted by Crippen LogP contribution is 2.12. The first-order chi connectivity index (χ1) is 7.72. The number of esters is 1. The van der Waals surface area contributed by atoms with E-state index in [1.165, 1.54) is 7.11 Å². The Morgan fingerprint density at radius 3 is 2.41 bits per heavy atom. The van der Waals surface area contributed by atoms with Crippen molar-refractivity contribution in [1.29, 1.82) is 0 Å². The standard InChI is InChI=1S/C11H23NO4S/c1-5-8-11(2,3)12-17(14,15)9-6-7-10(13)16-4/h12H,5-9H2,1-4H3. The van der Waals surface area contributed by atoms with Gasteiger partial charge in [-0.2, -0.15) is 0 Å². The highest BCUT2D eigenvalue weighted by molar-refractivity contribution is 7.89. The van der Waals surface area contributed by atoms with Crippen molar-refractivity contribution in [3.05, 3.63) is 0 Å². The molecule has 102 valence electrons. The van der Waals surface area contributed by atoms with Crippen LogP contribution in [0.15, 0.2) is 0 Å². The Morgan fingerprint density at radius 2 is 1.94 bits per heavy atom. The molecule has 1 N–H and O–H groups in total. The SMILES string of the molecule is CCCC(C)(C)NS(=O)(=O)CCCC(=O)OC. The van der Waals surface area contributed by atoms with Gasteiger partial charge in [0.15, 0.2) is 0 Å². The van der Waals surface area contributed by atoms with Crippen molar-refractivity contribution in [3.8, 4) is 0 Å². The second-order valence-electron chi connectivity index (χ2n) is 4.73. The highest BCUT2D eigenvalue weighted by atomic mass is 32.2. The van der Waals surface area contributed by atoms with Crippen molar-refractivity contribution in [2.24, 2.45) is 0 Å². The lowest BCUT2D eigenvalue weighted by molar-refractivity contribution is -0.140. The molecule has 0 saturated carbocycles. The Balaban J connectivity index is 4.17. The lowest BCUT2D eigenvalue weighted by atomic mass is 10.0. The molecule has 0 bridgehead atoms. The molecule has 0 radical (unpaired) electrons. The van der Waals surface area contributed by atoms with E-state index in [-0.39, 0.29) is 24.6 Å². The van der Waals surface area contributed by atoms with Crippen molar-refractivity contribution in [2.45, 2.75) is 52.0 Å². The van der Waals surface area contributed by atoms with Crippen molar-refractivity contribution >= 4 is 16.0 Å². The van der Waals surface area contributed by atoms with Crippen LogP contribution in [0, 0.1) is 0 Å². The lowest BCUT2D eigenvalue weighted by Gasteiger charge is -2.25. The van der Waals surface area contributed by atoms with Gasteiger partial charge in [0, 0.05) is 12.0 Å². The van der Waals surface area contributed by atoms with Gasteiger partial charge in [0.2, 0.25) is 10.0 Å². The van der Waals surface area contributed by atoms with Crippen LogP contribution in [0.3, 0.4) is 0 Å². The summed E-state index contributed by atoms with van der Waals surface area (Å²) >= 11 is 0. The van der Waals surface area contributed by atoms with E-state index < -0.39 is 15.6 Å². The van der Waals surface area contributed by atoms with E-state index in [0.717, 1.165) is 12.8 Å². The summed E-state index contributed by atoms with van der Waals surface area (Å²) in [6.45, 7) is 5.72. The Morgan fingerprint density at radius 1 is 1.35 bits per heavy atom. The molecule has 0 aliphatic rings. The van der Waals surface area contributed by atoms with Gasteiger partial charge in [-0.25, -0.2) is 13.1 Å². The van der Waals surface area contributed by atoms with E-state index in [2.05, 4.69) is 9.46 Å². The molecular formula is C11H23NO4S. The van der Waals surface area contributed by atoms with Gasteiger partial charge in [-0.3, -0.25) is 4.79 Å². The van der Waals surface area contributed by atoms with Crippen molar-refractivity contribution in [3.63, 3.8) is 0 Å². The molecule has 0 spiro atoms. The topological polar surface area (TPSA) is 72.5 Å². The summed E-state index contributed by atoms with van der Waals surface area (Å²) in [6, 6.07) is 0. The highest BCUT2D eigenvalue weighted by Gasteiger charge is 2.23. The molecule has 0 amide bonds. The monoisotopic (exact) mass is 265 g/mol. The van der Waals surface area contributed by atoms with Crippen LogP contribution in [0.25, 0.3) is 0 Å². The number of ether oxygens (including phenoxy) is 1. The summed E-state index contributed by atoms with van der Waals surface area (Å²) in [5, 5.41) is 0. The summed E-state index contributed by atoms with van der Waals surface area (Å²) in [7, 11) is -2.03. The van der Waals surface area contributed by atoms with Gasteiger partial charge in [-0.05, 0) is 26.7 Å². The van der Waals surface area contributed by atoms with Gasteiger partial charge < -0.3 is 4.74 Å². The minimum Gasteiger partial charge on any atom is -0.469 e. The quantitative estimate of drug-likeness (QED) is 0.674. The molecule has 0 aromatic rings. The smallest absolute Gasteiger partial charge is 0.305 e. The van der Waals surface area contributed by atoms with Crippen LogP contribution in [0.1, 0.15) is 46.5 Å². The summed E-state index contributed by atoms with van der Waals surface area (Å²) in [6.07, 6.45) is 2.11. The van der Waals surface area contributed by atoms with Crippen LogP contribution < -0.4 is 4.72 Å². The second kappa shape index (κ2) is 6.96. The Kier molecular flexibility index (Phi) is 6.70. The average Bonchev–Trinajstić information content (AvgIpc) is 2.14. The minimum absolute atomic E-state index is 0.0464. The van der Waals surface area contributed by atoms with E-state index in [1.54, 1.807) is 0 Å². The van der Waals surface area contributed by atoms with Crippen LogP contribution in [0.2, 0.25) is 0 Å². The number of rotatable bonds is 8. The van der Waals surface area contributed by atoms with Crippen LogP contribution in [0.4, 0.5) is 0 Å². The molecule has 0 aromatic heterocycles. The predicted octanol–water partition coefficient (Wildman–Crippen LogP) is 1.44. The van der Waals surface area contributed by atoms with Crippen LogP contribution in [0.5, 0.6) is 0 Å². The number of methoxy groups -OCH3 is 1. The molecule has 0 unspecified atom stereocenters. The summed E-state index contributed by atoms with van der Waals surface area (Å²) in [5.41, 5.74) is -0.432. The normalized spacial score (nSPS) is 12.5. The number of carbonyl (C=O) groups excluding carboxylic acids is 1. The molecule has 6 heteroatoms. The molecule has 0 saturated heterocycles. The van der Waals surface area contributed by atoms with Gasteiger partial charge >= 0.3 is 5.97 Å². The van der Waals surface area contributed by atoms with Gasteiger partial charge in [0.05, 0.1) is 12.9 Å². The molecule has 17 heavy (non-hydrogen) atoms. The lowest BCUT2D eigenvalue weighted by Crippen LogP contribution is -2.44. The van der Waals surface area contributed by atoms with E-state index in [4.69, 9.17) is 0 Å². The van der Waals surface area contributed by atoms with E-state index in [9.17, 15) is 13.2 Å². The Bertz CT molecular complexity index is 335. The van der Waals surface area contributed by atoms with Gasteiger partial charge in [-0.15, -0.1) is 0 Å². The number of sulfonamides is 1. The first-order valence-electron chi connectivity index (χ1n) is 5.81. The fourth-order valence-corrected chi connectivity index (χ4v) is 3.23. The predicted molar refractivity (Wildman–Crippen MR) is 67.2 cm³/mol. The van der Waals surface area contributed by atoms with Crippen molar-refractivity contribution in [1.82, 2.24) is 4.72 Å². The molecule has 0 aliphatic carbocycles. The van der Waals surface area contributed by atoms with E-state index in [0.29, 0.717) is 0 Å². The zero-order valence-corrected chi connectivity index (χ0v) is 11.9. The molecule has 0 heterocycles. The largest absolute Gasteiger partial charge is 0.469 e. The maximum absolute atomic E-state index is 11.7. The van der Waals surface area contributed by atoms with Crippen LogP contribution >= 0.6 is 0 Å². The summed E-state index contributed by atoms with van der Waals surface area (Å²) in [4.78, 5) is 10.8. The number of carbonyl (C=O) groups is 1. The third-order valence-corrected chi connectivity index (χ3v) is 4.02. The first kappa shape index (κ1) is 16.4. The third kappa shape index (κ3) is 8.15. The zero-order chi connectivity index (χ0) is 13.5. The maximum atomic E-state index is 11.7. The molecule has 0 aromatic carbocycles. The number of hydrogen-bond donors (Lipinski definition) is 1. The average molecular weight is 265 g/mol. The van der Waals surface area contributed by atoms with Gasteiger partial charge in [-0.1, -0.05) is 13.3 Å². The Labute approximate surface area is 104 Å². The first-order valence-corrected chi connectivity index (χ1v) is 7.46. The minimum atomic E-state index is -3.32. The van der Waals surface area contributed by atoms with Gasteiger partial charge in [0.25, 0.3) is 0 Å². The van der Waals surface area contributed by atoms with Crippen molar-refractivity contribution < 1.29 is 17.9 Å². The van der Waals surface area contributed by atoms with E-state index in [1.807, 2.05) is 20.8 Å². The molecule has 0 fully saturated rings. The molecule has 0 aliphatic heterocycles. The third-order valence-electron chi connectivity index (χ3n) is 2.33.